The van der Waals surface area contributed by atoms with Crippen LogP contribution in [0.4, 0.5) is 0 Å². The largest absolute Gasteiger partial charge is 0.352 e. The summed E-state index contributed by atoms with van der Waals surface area (Å²) in [4.78, 5) is 20.4. The standard InChI is InChI=1S/C31H32N4O.ClH/c1-2-3-12-34-31(36)22-18-26(23-10-6-7-21-11-13-33-20-28(21)23)29-24-8-4-5-9-25(24)30(27(29)19-22)35-16-14-32-15-17-35;/h4-11,13,18-20,30,32H,2-3,12,14-17H2,1H3,(H,34,36);1H. The third-order valence-corrected chi connectivity index (χ3v) is 7.56. The summed E-state index contributed by atoms with van der Waals surface area (Å²) >= 11 is 0. The Balaban J connectivity index is 0.00000280. The Kier molecular flexibility index (Phi) is 7.56. The summed E-state index contributed by atoms with van der Waals surface area (Å²) in [7, 11) is 0. The van der Waals surface area contributed by atoms with Gasteiger partial charge in [-0.05, 0) is 63.4 Å². The van der Waals surface area contributed by atoms with Crippen molar-refractivity contribution < 1.29 is 4.79 Å². The molecule has 3 aromatic carbocycles. The van der Waals surface area contributed by atoms with Crippen LogP contribution >= 0.6 is 12.4 Å². The van der Waals surface area contributed by atoms with Gasteiger partial charge in [0.05, 0.1) is 6.04 Å². The van der Waals surface area contributed by atoms with Gasteiger partial charge < -0.3 is 10.6 Å². The van der Waals surface area contributed by atoms with E-state index in [2.05, 4.69) is 88.1 Å². The fourth-order valence-electron chi connectivity index (χ4n) is 5.82. The van der Waals surface area contributed by atoms with Crippen LogP contribution in [-0.4, -0.2) is 48.5 Å². The van der Waals surface area contributed by atoms with E-state index < -0.39 is 0 Å². The fourth-order valence-corrected chi connectivity index (χ4v) is 5.82. The summed E-state index contributed by atoms with van der Waals surface area (Å²) in [6.45, 7) is 6.77. The van der Waals surface area contributed by atoms with Crippen molar-refractivity contribution in [3.63, 3.8) is 0 Å². The van der Waals surface area contributed by atoms with Crippen molar-refractivity contribution in [2.24, 2.45) is 0 Å². The van der Waals surface area contributed by atoms with Gasteiger partial charge in [-0.25, -0.2) is 0 Å². The van der Waals surface area contributed by atoms with Crippen LogP contribution in [0.3, 0.4) is 0 Å². The number of fused-ring (bicyclic) bond motifs is 4. The number of carbonyl (C=O) groups is 1. The van der Waals surface area contributed by atoms with Crippen LogP contribution in [0.5, 0.6) is 0 Å². The summed E-state index contributed by atoms with van der Waals surface area (Å²) in [5.74, 6) is 0.000814. The molecule has 0 radical (unpaired) electrons. The second-order valence-corrected chi connectivity index (χ2v) is 9.78. The Morgan fingerprint density at radius 1 is 1.00 bits per heavy atom. The highest BCUT2D eigenvalue weighted by atomic mass is 35.5. The number of nitrogens with zero attached hydrogens (tertiary/aromatic N) is 2. The molecule has 190 valence electrons. The van der Waals surface area contributed by atoms with Gasteiger partial charge in [0.25, 0.3) is 5.91 Å². The highest BCUT2D eigenvalue weighted by Gasteiger charge is 2.36. The van der Waals surface area contributed by atoms with Gasteiger partial charge >= 0.3 is 0 Å². The first-order chi connectivity index (χ1) is 17.8. The summed E-state index contributed by atoms with van der Waals surface area (Å²) < 4.78 is 0. The molecule has 1 saturated heterocycles. The van der Waals surface area contributed by atoms with E-state index in [1.165, 1.54) is 22.3 Å². The molecule has 0 spiro atoms. The number of pyridine rings is 1. The molecule has 6 rings (SSSR count). The maximum atomic E-state index is 13.4. The van der Waals surface area contributed by atoms with Gasteiger partial charge in [0, 0.05) is 56.1 Å². The maximum Gasteiger partial charge on any atom is 0.251 e. The lowest BCUT2D eigenvalue weighted by atomic mass is 9.89. The van der Waals surface area contributed by atoms with Gasteiger partial charge in [0.15, 0.2) is 0 Å². The monoisotopic (exact) mass is 512 g/mol. The Labute approximate surface area is 224 Å². The maximum absolute atomic E-state index is 13.4. The fraction of sp³-hybridized carbons (Fsp3) is 0.290. The zero-order valence-electron chi connectivity index (χ0n) is 21.2. The molecule has 2 heterocycles. The molecule has 4 aromatic rings. The van der Waals surface area contributed by atoms with Crippen molar-refractivity contribution in [3.8, 4) is 22.3 Å². The number of rotatable bonds is 6. The van der Waals surface area contributed by atoms with Crippen molar-refractivity contribution >= 4 is 29.1 Å². The van der Waals surface area contributed by atoms with Crippen molar-refractivity contribution in [1.82, 2.24) is 20.5 Å². The molecule has 1 atom stereocenters. The zero-order chi connectivity index (χ0) is 24.5. The normalized spacial score (nSPS) is 16.6. The van der Waals surface area contributed by atoms with E-state index >= 15 is 0 Å². The van der Waals surface area contributed by atoms with Crippen LogP contribution in [0.25, 0.3) is 33.0 Å². The number of benzene rings is 3. The number of halogens is 1. The number of carbonyl (C=O) groups excluding carboxylic acids is 1. The Bertz CT molecular complexity index is 1420. The van der Waals surface area contributed by atoms with E-state index in [0.717, 1.165) is 66.5 Å². The van der Waals surface area contributed by atoms with Crippen molar-refractivity contribution in [1.29, 1.82) is 0 Å². The molecule has 1 unspecified atom stereocenters. The Morgan fingerprint density at radius 2 is 1.81 bits per heavy atom. The Hall–Kier alpha value is -3.25. The SMILES string of the molecule is CCCCNC(=O)c1cc(-c2cccc3ccncc23)c2c(c1)C(N1CCNCC1)c1ccccc1-2.Cl. The third kappa shape index (κ3) is 4.63. The minimum absolute atomic E-state index is 0. The van der Waals surface area contributed by atoms with Gasteiger partial charge in [-0.1, -0.05) is 55.8 Å². The van der Waals surface area contributed by atoms with Gasteiger partial charge in [-0.3, -0.25) is 14.7 Å². The van der Waals surface area contributed by atoms with Gasteiger partial charge in [0.1, 0.15) is 0 Å². The quantitative estimate of drug-likeness (QED) is 0.319. The molecule has 2 aliphatic rings. The van der Waals surface area contributed by atoms with E-state index in [-0.39, 0.29) is 24.4 Å². The first-order valence-electron chi connectivity index (χ1n) is 13.1. The lowest BCUT2D eigenvalue weighted by molar-refractivity contribution is 0.0953. The molecule has 37 heavy (non-hydrogen) atoms. The number of nitrogens with one attached hydrogen (secondary N) is 2. The molecular weight excluding hydrogens is 480 g/mol. The molecule has 1 amide bonds. The molecule has 6 heteroatoms. The molecule has 1 aliphatic carbocycles. The lowest BCUT2D eigenvalue weighted by Gasteiger charge is -2.34. The highest BCUT2D eigenvalue weighted by Crippen LogP contribution is 2.51. The Morgan fingerprint density at radius 3 is 2.65 bits per heavy atom. The first-order valence-corrected chi connectivity index (χ1v) is 13.1. The second-order valence-electron chi connectivity index (χ2n) is 9.78. The topological polar surface area (TPSA) is 57.3 Å². The van der Waals surface area contributed by atoms with Gasteiger partial charge in [-0.2, -0.15) is 0 Å². The smallest absolute Gasteiger partial charge is 0.251 e. The highest BCUT2D eigenvalue weighted by molar-refractivity contribution is 6.05. The van der Waals surface area contributed by atoms with Crippen LogP contribution in [0.15, 0.2) is 73.1 Å². The molecule has 5 nitrogen and oxygen atoms in total. The van der Waals surface area contributed by atoms with E-state index in [0.29, 0.717) is 6.54 Å². The molecule has 1 fully saturated rings. The minimum Gasteiger partial charge on any atom is -0.352 e. The average Bonchev–Trinajstić information content (AvgIpc) is 3.27. The van der Waals surface area contributed by atoms with Crippen molar-refractivity contribution in [2.45, 2.75) is 25.8 Å². The second kappa shape index (κ2) is 11.0. The van der Waals surface area contributed by atoms with Crippen LogP contribution in [0.1, 0.15) is 47.3 Å². The first kappa shape index (κ1) is 25.4. The molecule has 2 N–H and O–H groups in total. The summed E-state index contributed by atoms with van der Waals surface area (Å²) in [5, 5.41) is 8.89. The summed E-state index contributed by atoms with van der Waals surface area (Å²) in [6.07, 6.45) is 5.82. The summed E-state index contributed by atoms with van der Waals surface area (Å²) in [6, 6.07) is 21.6. The predicted octanol–water partition coefficient (Wildman–Crippen LogP) is 5.83. The van der Waals surface area contributed by atoms with E-state index in [4.69, 9.17) is 0 Å². The van der Waals surface area contributed by atoms with Gasteiger partial charge in [-0.15, -0.1) is 12.4 Å². The van der Waals surface area contributed by atoms with Crippen molar-refractivity contribution in [2.75, 3.05) is 32.7 Å². The van der Waals surface area contributed by atoms with E-state index in [1.54, 1.807) is 0 Å². The van der Waals surface area contributed by atoms with Crippen LogP contribution in [-0.2, 0) is 0 Å². The van der Waals surface area contributed by atoms with Crippen LogP contribution < -0.4 is 10.6 Å². The van der Waals surface area contributed by atoms with Crippen LogP contribution in [0.2, 0.25) is 0 Å². The van der Waals surface area contributed by atoms with Gasteiger partial charge in [0.2, 0.25) is 0 Å². The van der Waals surface area contributed by atoms with Crippen LogP contribution in [0, 0.1) is 0 Å². The van der Waals surface area contributed by atoms with E-state index in [1.807, 2.05) is 12.4 Å². The molecule has 1 aliphatic heterocycles. The number of hydrogen-bond acceptors (Lipinski definition) is 4. The zero-order valence-corrected chi connectivity index (χ0v) is 22.0. The molecule has 0 bridgehead atoms. The minimum atomic E-state index is 0. The van der Waals surface area contributed by atoms with E-state index in [9.17, 15) is 4.79 Å². The number of hydrogen-bond donors (Lipinski definition) is 2. The summed E-state index contributed by atoms with van der Waals surface area (Å²) in [5.41, 5.74) is 8.04. The number of piperazine rings is 1. The third-order valence-electron chi connectivity index (χ3n) is 7.56. The number of unbranched alkanes of at least 4 members (excludes halogenated alkanes) is 1. The molecule has 0 saturated carbocycles. The molecular formula is C31H33ClN4O. The van der Waals surface area contributed by atoms with Crippen molar-refractivity contribution in [3.05, 3.63) is 89.7 Å². The average molecular weight is 513 g/mol. The lowest BCUT2D eigenvalue weighted by Crippen LogP contribution is -2.45. The molecule has 1 aromatic heterocycles. The predicted molar refractivity (Wildman–Crippen MR) is 153 cm³/mol. The number of aromatic nitrogens is 1. The number of amides is 1.